The van der Waals surface area contributed by atoms with Gasteiger partial charge in [-0.25, -0.2) is 13.4 Å². The number of aromatic nitrogens is 1. The van der Waals surface area contributed by atoms with E-state index in [1.807, 2.05) is 0 Å². The molecular formula is C19H22ClN3O4S. The van der Waals surface area contributed by atoms with Crippen LogP contribution in [0.25, 0.3) is 0 Å². The number of hydrogen-bond donors (Lipinski definition) is 0. The van der Waals surface area contributed by atoms with Gasteiger partial charge < -0.3 is 9.64 Å². The van der Waals surface area contributed by atoms with E-state index in [1.54, 1.807) is 51.5 Å². The number of aryl methyl sites for hydroxylation is 1. The number of pyridine rings is 1. The van der Waals surface area contributed by atoms with Gasteiger partial charge in [0.05, 0.1) is 11.4 Å². The van der Waals surface area contributed by atoms with Gasteiger partial charge in [-0.05, 0) is 49.2 Å². The third kappa shape index (κ3) is 4.14. The second-order valence-electron chi connectivity index (χ2n) is 6.86. The summed E-state index contributed by atoms with van der Waals surface area (Å²) >= 11 is 6.00. The standard InChI is InChI=1S/C19H22ClN3O4S/c1-13-11-15(6-7-17(13)20)28(25,26)23-10-8-14(12-23)27-18-16(5-4-9-21-18)19(24)22(2)3/h4-7,9,11,14H,8,10,12H2,1-3H3. The van der Waals surface area contributed by atoms with E-state index in [-0.39, 0.29) is 29.3 Å². The molecule has 1 fully saturated rings. The highest BCUT2D eigenvalue weighted by Gasteiger charge is 2.34. The minimum atomic E-state index is -3.64. The molecule has 1 saturated heterocycles. The van der Waals surface area contributed by atoms with Crippen LogP contribution in [-0.4, -0.2) is 61.8 Å². The Bertz CT molecular complexity index is 994. The van der Waals surface area contributed by atoms with E-state index in [4.69, 9.17) is 16.3 Å². The summed E-state index contributed by atoms with van der Waals surface area (Å²) in [6.45, 7) is 2.29. The number of carbonyl (C=O) groups is 1. The van der Waals surface area contributed by atoms with Crippen LogP contribution in [0.5, 0.6) is 5.88 Å². The van der Waals surface area contributed by atoms with Crippen molar-refractivity contribution in [3.05, 3.63) is 52.7 Å². The van der Waals surface area contributed by atoms with Crippen LogP contribution in [0.4, 0.5) is 0 Å². The van der Waals surface area contributed by atoms with Crippen LogP contribution in [0, 0.1) is 6.92 Å². The van der Waals surface area contributed by atoms with Crippen molar-refractivity contribution in [3.63, 3.8) is 0 Å². The lowest BCUT2D eigenvalue weighted by atomic mass is 10.2. The predicted octanol–water partition coefficient (Wildman–Crippen LogP) is 2.59. The second kappa shape index (κ2) is 8.06. The quantitative estimate of drug-likeness (QED) is 0.738. The molecule has 1 aromatic heterocycles. The smallest absolute Gasteiger partial charge is 0.258 e. The lowest BCUT2D eigenvalue weighted by Gasteiger charge is -2.19. The largest absolute Gasteiger partial charge is 0.472 e. The van der Waals surface area contributed by atoms with E-state index in [9.17, 15) is 13.2 Å². The maximum atomic E-state index is 12.9. The first-order valence-electron chi connectivity index (χ1n) is 8.80. The Balaban J connectivity index is 1.76. The monoisotopic (exact) mass is 423 g/mol. The zero-order valence-corrected chi connectivity index (χ0v) is 17.5. The Hall–Kier alpha value is -2.16. The Morgan fingerprint density at radius 1 is 1.32 bits per heavy atom. The molecule has 0 bridgehead atoms. The van der Waals surface area contributed by atoms with E-state index >= 15 is 0 Å². The van der Waals surface area contributed by atoms with Crippen molar-refractivity contribution in [1.29, 1.82) is 0 Å². The Kier molecular flexibility index (Phi) is 5.92. The molecule has 7 nitrogen and oxygen atoms in total. The first-order chi connectivity index (χ1) is 13.2. The fraction of sp³-hybridized carbons (Fsp3) is 0.368. The van der Waals surface area contributed by atoms with Gasteiger partial charge in [0, 0.05) is 31.9 Å². The summed E-state index contributed by atoms with van der Waals surface area (Å²) in [4.78, 5) is 18.1. The SMILES string of the molecule is Cc1cc(S(=O)(=O)N2CCC(Oc3ncccc3C(=O)N(C)C)C2)ccc1Cl. The maximum absolute atomic E-state index is 12.9. The lowest BCUT2D eigenvalue weighted by Crippen LogP contribution is -2.31. The first kappa shape index (κ1) is 20.6. The summed E-state index contributed by atoms with van der Waals surface area (Å²) in [5, 5.41) is 0.523. The molecule has 0 spiro atoms. The van der Waals surface area contributed by atoms with Crippen LogP contribution in [-0.2, 0) is 10.0 Å². The van der Waals surface area contributed by atoms with Crippen molar-refractivity contribution in [2.24, 2.45) is 0 Å². The number of benzene rings is 1. The normalized spacial score (nSPS) is 17.5. The number of sulfonamides is 1. The van der Waals surface area contributed by atoms with Gasteiger partial charge in [-0.15, -0.1) is 0 Å². The molecule has 1 amide bonds. The van der Waals surface area contributed by atoms with Crippen molar-refractivity contribution < 1.29 is 17.9 Å². The third-order valence-electron chi connectivity index (χ3n) is 4.56. The molecule has 9 heteroatoms. The molecule has 1 unspecified atom stereocenters. The maximum Gasteiger partial charge on any atom is 0.258 e. The van der Waals surface area contributed by atoms with Gasteiger partial charge in [0.2, 0.25) is 15.9 Å². The van der Waals surface area contributed by atoms with Gasteiger partial charge in [-0.1, -0.05) is 11.6 Å². The number of rotatable bonds is 5. The van der Waals surface area contributed by atoms with Crippen LogP contribution >= 0.6 is 11.6 Å². The molecule has 1 aromatic carbocycles. The number of carbonyl (C=O) groups excluding carboxylic acids is 1. The number of ether oxygens (including phenoxy) is 1. The average molecular weight is 424 g/mol. The third-order valence-corrected chi connectivity index (χ3v) is 6.85. The molecule has 0 saturated carbocycles. The van der Waals surface area contributed by atoms with E-state index in [2.05, 4.69) is 4.98 Å². The molecule has 1 aliphatic heterocycles. The molecule has 0 aliphatic carbocycles. The molecule has 150 valence electrons. The van der Waals surface area contributed by atoms with Gasteiger partial charge in [0.25, 0.3) is 5.91 Å². The number of amides is 1. The summed E-state index contributed by atoms with van der Waals surface area (Å²) in [5.41, 5.74) is 1.05. The average Bonchev–Trinajstić information content (AvgIpc) is 3.13. The van der Waals surface area contributed by atoms with Crippen molar-refractivity contribution in [2.45, 2.75) is 24.3 Å². The van der Waals surface area contributed by atoms with E-state index in [1.165, 1.54) is 15.3 Å². The Labute approximate surface area is 169 Å². The first-order valence-corrected chi connectivity index (χ1v) is 10.6. The highest BCUT2D eigenvalue weighted by atomic mass is 35.5. The Morgan fingerprint density at radius 3 is 2.75 bits per heavy atom. The van der Waals surface area contributed by atoms with E-state index in [0.717, 1.165) is 0 Å². The van der Waals surface area contributed by atoms with Crippen molar-refractivity contribution in [3.8, 4) is 5.88 Å². The zero-order chi connectivity index (χ0) is 20.5. The number of nitrogens with zero attached hydrogens (tertiary/aromatic N) is 3. The minimum Gasteiger partial charge on any atom is -0.472 e. The summed E-state index contributed by atoms with van der Waals surface area (Å²) in [7, 11) is -0.344. The van der Waals surface area contributed by atoms with Gasteiger partial charge >= 0.3 is 0 Å². The molecular weight excluding hydrogens is 402 g/mol. The lowest BCUT2D eigenvalue weighted by molar-refractivity contribution is 0.0818. The highest BCUT2D eigenvalue weighted by Crippen LogP contribution is 2.27. The number of halogens is 1. The molecule has 3 rings (SSSR count). The molecule has 0 N–H and O–H groups in total. The molecule has 1 aliphatic rings. The Morgan fingerprint density at radius 2 is 2.07 bits per heavy atom. The summed E-state index contributed by atoms with van der Waals surface area (Å²) in [6, 6.07) is 7.97. The highest BCUT2D eigenvalue weighted by molar-refractivity contribution is 7.89. The van der Waals surface area contributed by atoms with Gasteiger partial charge in [-0.3, -0.25) is 4.79 Å². The minimum absolute atomic E-state index is 0.191. The summed E-state index contributed by atoms with van der Waals surface area (Å²) in [6.07, 6.45) is 1.67. The zero-order valence-electron chi connectivity index (χ0n) is 15.9. The van der Waals surface area contributed by atoms with Crippen molar-refractivity contribution in [1.82, 2.24) is 14.2 Å². The second-order valence-corrected chi connectivity index (χ2v) is 9.20. The molecule has 2 heterocycles. The van der Waals surface area contributed by atoms with Gasteiger partial charge in [-0.2, -0.15) is 4.31 Å². The van der Waals surface area contributed by atoms with E-state index in [0.29, 0.717) is 29.1 Å². The molecule has 0 radical (unpaired) electrons. The number of hydrogen-bond acceptors (Lipinski definition) is 5. The van der Waals surface area contributed by atoms with E-state index < -0.39 is 10.0 Å². The summed E-state index contributed by atoms with van der Waals surface area (Å²) in [5.74, 6) is -0.00463. The molecule has 2 aromatic rings. The van der Waals surface area contributed by atoms with Crippen molar-refractivity contribution >= 4 is 27.5 Å². The molecule has 28 heavy (non-hydrogen) atoms. The predicted molar refractivity (Wildman–Crippen MR) is 106 cm³/mol. The molecule has 1 atom stereocenters. The van der Waals surface area contributed by atoms with Crippen LogP contribution in [0.15, 0.2) is 41.4 Å². The van der Waals surface area contributed by atoms with Crippen LogP contribution in [0.1, 0.15) is 22.3 Å². The summed E-state index contributed by atoms with van der Waals surface area (Å²) < 4.78 is 33.1. The van der Waals surface area contributed by atoms with Crippen LogP contribution in [0.3, 0.4) is 0 Å². The fourth-order valence-electron chi connectivity index (χ4n) is 2.99. The fourth-order valence-corrected chi connectivity index (χ4v) is 4.67. The van der Waals surface area contributed by atoms with Crippen LogP contribution in [0.2, 0.25) is 5.02 Å². The van der Waals surface area contributed by atoms with Crippen molar-refractivity contribution in [2.75, 3.05) is 27.2 Å². The topological polar surface area (TPSA) is 79.8 Å². The van der Waals surface area contributed by atoms with Gasteiger partial charge in [0.1, 0.15) is 11.7 Å². The van der Waals surface area contributed by atoms with Gasteiger partial charge in [0.15, 0.2) is 0 Å². The van der Waals surface area contributed by atoms with Crippen LogP contribution < -0.4 is 4.74 Å².